The average molecular weight is 397 g/mol. The van der Waals surface area contributed by atoms with Crippen LogP contribution in [0, 0.1) is 0 Å². The number of ether oxygens (including phenoxy) is 2. The molecule has 3 aromatic rings. The molecule has 27 heavy (non-hydrogen) atoms. The lowest BCUT2D eigenvalue weighted by Crippen LogP contribution is -2.19. The van der Waals surface area contributed by atoms with Gasteiger partial charge in [-0.2, -0.15) is 0 Å². The van der Waals surface area contributed by atoms with E-state index in [4.69, 9.17) is 21.7 Å². The van der Waals surface area contributed by atoms with Gasteiger partial charge in [-0.05, 0) is 48.6 Å². The fraction of sp³-hybridized carbons (Fsp3) is 0.0952. The summed E-state index contributed by atoms with van der Waals surface area (Å²) in [5, 5.41) is 6.96. The second-order valence-corrected chi connectivity index (χ2v) is 7.08. The molecule has 0 saturated heterocycles. The average Bonchev–Trinajstić information content (AvgIpc) is 2.70. The van der Waals surface area contributed by atoms with Crippen molar-refractivity contribution in [1.29, 1.82) is 0 Å². The summed E-state index contributed by atoms with van der Waals surface area (Å²) in [6.07, 6.45) is 0. The van der Waals surface area contributed by atoms with Gasteiger partial charge in [-0.15, -0.1) is 0 Å². The summed E-state index contributed by atoms with van der Waals surface area (Å²) in [5.74, 6) is 1.32. The van der Waals surface area contributed by atoms with E-state index in [2.05, 4.69) is 28.8 Å². The van der Waals surface area contributed by atoms with E-state index in [9.17, 15) is 0 Å². The zero-order valence-corrected chi connectivity index (χ0v) is 16.7. The summed E-state index contributed by atoms with van der Waals surface area (Å²) in [4.78, 5) is 2.27. The van der Waals surface area contributed by atoms with Crippen molar-refractivity contribution in [3.63, 3.8) is 0 Å². The van der Waals surface area contributed by atoms with E-state index >= 15 is 0 Å². The summed E-state index contributed by atoms with van der Waals surface area (Å²) in [6.45, 7) is 0. The Morgan fingerprint density at radius 1 is 0.815 bits per heavy atom. The summed E-state index contributed by atoms with van der Waals surface area (Å²) < 4.78 is 10.6. The third-order valence-corrected chi connectivity index (χ3v) is 5.04. The maximum Gasteiger partial charge on any atom is 0.175 e. The minimum absolute atomic E-state index is 0.503. The van der Waals surface area contributed by atoms with E-state index in [0.717, 1.165) is 16.3 Å². The predicted molar refractivity (Wildman–Crippen MR) is 116 cm³/mol. The molecule has 6 heteroatoms. The number of nitrogens with one attached hydrogen (secondary N) is 2. The van der Waals surface area contributed by atoms with Crippen molar-refractivity contribution in [2.45, 2.75) is 9.79 Å². The minimum atomic E-state index is 0.503. The van der Waals surface area contributed by atoms with Crippen LogP contribution >= 0.6 is 24.0 Å². The van der Waals surface area contributed by atoms with Gasteiger partial charge in [0, 0.05) is 21.5 Å². The Morgan fingerprint density at radius 3 is 2.26 bits per heavy atom. The number of anilines is 2. The van der Waals surface area contributed by atoms with Gasteiger partial charge in [-0.1, -0.05) is 42.1 Å². The molecule has 138 valence electrons. The van der Waals surface area contributed by atoms with Crippen LogP contribution in [0.4, 0.5) is 11.4 Å². The lowest BCUT2D eigenvalue weighted by molar-refractivity contribution is 0.355. The Bertz CT molecular complexity index is 917. The predicted octanol–water partition coefficient (Wildman–Crippen LogP) is 5.66. The Labute approximate surface area is 168 Å². The highest BCUT2D eigenvalue weighted by Crippen LogP contribution is 2.33. The molecule has 3 rings (SSSR count). The van der Waals surface area contributed by atoms with Crippen LogP contribution in [0.3, 0.4) is 0 Å². The summed E-state index contributed by atoms with van der Waals surface area (Å²) in [5.41, 5.74) is 1.77. The second kappa shape index (κ2) is 9.30. The van der Waals surface area contributed by atoms with Crippen LogP contribution in [-0.2, 0) is 0 Å². The molecule has 0 unspecified atom stereocenters. The first-order valence-electron chi connectivity index (χ1n) is 8.31. The summed E-state index contributed by atoms with van der Waals surface area (Å²) in [7, 11) is 3.22. The van der Waals surface area contributed by atoms with Crippen LogP contribution in [0.5, 0.6) is 11.5 Å². The molecule has 0 saturated carbocycles. The van der Waals surface area contributed by atoms with Crippen molar-refractivity contribution in [2.24, 2.45) is 0 Å². The SMILES string of the molecule is COc1ccc(NC(=S)Nc2ccccc2Sc2ccccc2)cc1OC. The monoisotopic (exact) mass is 396 g/mol. The lowest BCUT2D eigenvalue weighted by atomic mass is 10.2. The van der Waals surface area contributed by atoms with Crippen LogP contribution in [0.1, 0.15) is 0 Å². The van der Waals surface area contributed by atoms with E-state index in [1.807, 2.05) is 54.6 Å². The number of rotatable bonds is 6. The van der Waals surface area contributed by atoms with E-state index < -0.39 is 0 Å². The summed E-state index contributed by atoms with van der Waals surface area (Å²) >= 11 is 7.17. The van der Waals surface area contributed by atoms with Crippen LogP contribution in [0.2, 0.25) is 0 Å². The van der Waals surface area contributed by atoms with Crippen LogP contribution in [-0.4, -0.2) is 19.3 Å². The van der Waals surface area contributed by atoms with Crippen molar-refractivity contribution in [2.75, 3.05) is 24.9 Å². The fourth-order valence-electron chi connectivity index (χ4n) is 2.47. The van der Waals surface area contributed by atoms with Crippen molar-refractivity contribution >= 4 is 40.5 Å². The molecule has 0 fully saturated rings. The molecule has 0 amide bonds. The van der Waals surface area contributed by atoms with E-state index in [1.54, 1.807) is 26.0 Å². The molecular formula is C21H20N2O2S2. The molecule has 0 aromatic heterocycles. The van der Waals surface area contributed by atoms with Crippen molar-refractivity contribution in [3.8, 4) is 11.5 Å². The molecule has 2 N–H and O–H groups in total. The standard InChI is InChI=1S/C21H20N2O2S2/c1-24-18-13-12-15(14-19(18)25-2)22-21(26)23-17-10-6-7-11-20(17)27-16-8-4-3-5-9-16/h3-14H,1-2H3,(H2,22,23,26). The maximum absolute atomic E-state index is 5.48. The van der Waals surface area contributed by atoms with Gasteiger partial charge < -0.3 is 20.1 Å². The summed E-state index contributed by atoms with van der Waals surface area (Å²) in [6, 6.07) is 23.9. The molecule has 0 aliphatic heterocycles. The molecule has 4 nitrogen and oxygen atoms in total. The van der Waals surface area contributed by atoms with Crippen molar-refractivity contribution < 1.29 is 9.47 Å². The zero-order chi connectivity index (χ0) is 19.1. The van der Waals surface area contributed by atoms with Gasteiger partial charge in [0.05, 0.1) is 19.9 Å². The van der Waals surface area contributed by atoms with Gasteiger partial charge in [0.15, 0.2) is 16.6 Å². The van der Waals surface area contributed by atoms with Crippen LogP contribution < -0.4 is 20.1 Å². The molecule has 0 spiro atoms. The largest absolute Gasteiger partial charge is 0.493 e. The maximum atomic E-state index is 5.48. The van der Waals surface area contributed by atoms with Crippen LogP contribution in [0.25, 0.3) is 0 Å². The second-order valence-electron chi connectivity index (χ2n) is 5.56. The third-order valence-electron chi connectivity index (χ3n) is 3.75. The topological polar surface area (TPSA) is 42.5 Å². The van der Waals surface area contributed by atoms with Gasteiger partial charge >= 0.3 is 0 Å². The Hall–Kier alpha value is -2.70. The number of benzene rings is 3. The molecule has 0 aliphatic rings. The normalized spacial score (nSPS) is 10.1. The first kappa shape index (κ1) is 19.1. The van der Waals surface area contributed by atoms with Crippen molar-refractivity contribution in [3.05, 3.63) is 72.8 Å². The Morgan fingerprint density at radius 2 is 1.52 bits per heavy atom. The molecule has 0 aliphatic carbocycles. The Kier molecular flexibility index (Phi) is 6.57. The molecule has 0 heterocycles. The molecular weight excluding hydrogens is 376 g/mol. The van der Waals surface area contributed by atoms with Gasteiger partial charge in [0.1, 0.15) is 0 Å². The Balaban J connectivity index is 1.71. The highest BCUT2D eigenvalue weighted by atomic mass is 32.2. The first-order chi connectivity index (χ1) is 13.2. The van der Waals surface area contributed by atoms with E-state index in [1.165, 1.54) is 4.90 Å². The van der Waals surface area contributed by atoms with Gasteiger partial charge in [0.2, 0.25) is 0 Å². The smallest absolute Gasteiger partial charge is 0.175 e. The number of methoxy groups -OCH3 is 2. The highest BCUT2D eigenvalue weighted by molar-refractivity contribution is 7.99. The fourth-order valence-corrected chi connectivity index (χ4v) is 3.62. The number of para-hydroxylation sites is 1. The minimum Gasteiger partial charge on any atom is -0.493 e. The van der Waals surface area contributed by atoms with Gasteiger partial charge in [0.25, 0.3) is 0 Å². The third kappa shape index (κ3) is 5.15. The molecule has 3 aromatic carbocycles. The van der Waals surface area contributed by atoms with Crippen molar-refractivity contribution in [1.82, 2.24) is 0 Å². The van der Waals surface area contributed by atoms with Gasteiger partial charge in [-0.25, -0.2) is 0 Å². The first-order valence-corrected chi connectivity index (χ1v) is 9.54. The molecule has 0 radical (unpaired) electrons. The number of hydrogen-bond donors (Lipinski definition) is 2. The van der Waals surface area contributed by atoms with E-state index in [-0.39, 0.29) is 0 Å². The number of hydrogen-bond acceptors (Lipinski definition) is 4. The lowest BCUT2D eigenvalue weighted by Gasteiger charge is -2.15. The van der Waals surface area contributed by atoms with Crippen LogP contribution in [0.15, 0.2) is 82.6 Å². The highest BCUT2D eigenvalue weighted by Gasteiger charge is 2.08. The zero-order valence-electron chi connectivity index (χ0n) is 15.1. The molecule has 0 atom stereocenters. The van der Waals surface area contributed by atoms with Gasteiger partial charge in [-0.3, -0.25) is 0 Å². The molecule has 0 bridgehead atoms. The number of thiocarbonyl (C=S) groups is 1. The quantitative estimate of drug-likeness (QED) is 0.524. The van der Waals surface area contributed by atoms with E-state index in [0.29, 0.717) is 16.6 Å².